The van der Waals surface area contributed by atoms with E-state index in [2.05, 4.69) is 10.6 Å². The molecule has 0 aliphatic carbocycles. The third kappa shape index (κ3) is 14.5. The molecule has 2 amide bonds. The van der Waals surface area contributed by atoms with Gasteiger partial charge in [-0.25, -0.2) is 9.59 Å². The number of ether oxygens (including phenoxy) is 3. The number of nitrogens with two attached hydrogens (primary N) is 1. The molecule has 0 fully saturated rings. The number of carbonyl (C=O) groups is 2. The second-order valence-electron chi connectivity index (χ2n) is 8.20. The SMILES string of the molecule is CC(COC(N)CC(C)NC(=O)OC(C)(C)C)NC(=O)OC(C)(C)C. The minimum atomic E-state index is -0.576. The standard InChI is InChI=1S/C17H35N3O5/c1-11(19-14(21)24-16(3,4)5)9-13(18)23-10-12(2)20-15(22)25-17(6,7)8/h11-13H,9-10,18H2,1-8H3,(H,19,21)(H,20,22). The average molecular weight is 361 g/mol. The van der Waals surface area contributed by atoms with Crippen molar-refractivity contribution in [3.05, 3.63) is 0 Å². The van der Waals surface area contributed by atoms with Crippen molar-refractivity contribution in [3.63, 3.8) is 0 Å². The van der Waals surface area contributed by atoms with E-state index in [1.165, 1.54) is 0 Å². The van der Waals surface area contributed by atoms with Crippen molar-refractivity contribution in [2.24, 2.45) is 5.73 Å². The lowest BCUT2D eigenvalue weighted by atomic mass is 10.2. The van der Waals surface area contributed by atoms with Crippen LogP contribution in [0.15, 0.2) is 0 Å². The van der Waals surface area contributed by atoms with E-state index in [-0.39, 0.29) is 18.7 Å². The summed E-state index contributed by atoms with van der Waals surface area (Å²) in [6, 6.07) is -0.464. The van der Waals surface area contributed by atoms with Crippen molar-refractivity contribution in [3.8, 4) is 0 Å². The van der Waals surface area contributed by atoms with Crippen LogP contribution in [0.25, 0.3) is 0 Å². The van der Waals surface area contributed by atoms with Crippen molar-refractivity contribution in [1.82, 2.24) is 10.6 Å². The van der Waals surface area contributed by atoms with E-state index in [4.69, 9.17) is 19.9 Å². The van der Waals surface area contributed by atoms with Crippen LogP contribution in [0.3, 0.4) is 0 Å². The van der Waals surface area contributed by atoms with Crippen LogP contribution < -0.4 is 16.4 Å². The molecule has 0 radical (unpaired) electrons. The highest BCUT2D eigenvalue weighted by Gasteiger charge is 2.20. The summed E-state index contributed by atoms with van der Waals surface area (Å²) in [6.07, 6.45) is -1.16. The van der Waals surface area contributed by atoms with Crippen molar-refractivity contribution < 1.29 is 23.8 Å². The molecule has 0 heterocycles. The molecule has 0 spiro atoms. The van der Waals surface area contributed by atoms with Gasteiger partial charge in [0.15, 0.2) is 0 Å². The Bertz CT molecular complexity index is 429. The summed E-state index contributed by atoms with van der Waals surface area (Å²) in [4.78, 5) is 23.3. The van der Waals surface area contributed by atoms with Crippen molar-refractivity contribution >= 4 is 12.2 Å². The summed E-state index contributed by atoms with van der Waals surface area (Å²) in [7, 11) is 0. The normalized spacial score (nSPS) is 15.7. The first-order chi connectivity index (χ1) is 11.2. The summed E-state index contributed by atoms with van der Waals surface area (Å²) in [5.41, 5.74) is 4.80. The minimum Gasteiger partial charge on any atom is -0.444 e. The smallest absolute Gasteiger partial charge is 0.407 e. The zero-order valence-electron chi connectivity index (χ0n) is 16.8. The van der Waals surface area contributed by atoms with Crippen LogP contribution in [0, 0.1) is 0 Å². The Labute approximate surface area is 151 Å². The maximum atomic E-state index is 11.7. The van der Waals surface area contributed by atoms with E-state index < -0.39 is 29.6 Å². The summed E-state index contributed by atoms with van der Waals surface area (Å²) in [5, 5.41) is 5.37. The number of amides is 2. The van der Waals surface area contributed by atoms with Gasteiger partial charge in [0.25, 0.3) is 0 Å². The maximum Gasteiger partial charge on any atom is 0.407 e. The predicted octanol–water partition coefficient (Wildman–Crippen LogP) is 2.50. The van der Waals surface area contributed by atoms with Crippen LogP contribution in [0.1, 0.15) is 61.8 Å². The Kier molecular flexibility index (Phi) is 9.21. The predicted molar refractivity (Wildman–Crippen MR) is 96.2 cm³/mol. The van der Waals surface area contributed by atoms with Gasteiger partial charge in [0.1, 0.15) is 17.4 Å². The molecule has 0 aliphatic rings. The molecule has 3 unspecified atom stereocenters. The molecule has 0 aromatic carbocycles. The van der Waals surface area contributed by atoms with E-state index >= 15 is 0 Å². The van der Waals surface area contributed by atoms with E-state index in [9.17, 15) is 9.59 Å². The van der Waals surface area contributed by atoms with Crippen molar-refractivity contribution in [2.75, 3.05) is 6.61 Å². The molecule has 25 heavy (non-hydrogen) atoms. The van der Waals surface area contributed by atoms with Crippen molar-refractivity contribution in [2.45, 2.75) is 91.3 Å². The monoisotopic (exact) mass is 361 g/mol. The molecule has 3 atom stereocenters. The number of rotatable bonds is 7. The lowest BCUT2D eigenvalue weighted by molar-refractivity contribution is 0.0210. The second kappa shape index (κ2) is 9.82. The zero-order valence-corrected chi connectivity index (χ0v) is 16.8. The number of nitrogens with one attached hydrogen (secondary N) is 2. The molecule has 0 aromatic heterocycles. The molecule has 0 saturated heterocycles. The highest BCUT2D eigenvalue weighted by atomic mass is 16.6. The molecule has 0 aromatic rings. The fourth-order valence-electron chi connectivity index (χ4n) is 1.80. The third-order valence-electron chi connectivity index (χ3n) is 2.67. The highest BCUT2D eigenvalue weighted by Crippen LogP contribution is 2.08. The van der Waals surface area contributed by atoms with Gasteiger partial charge in [-0.2, -0.15) is 0 Å². The first-order valence-corrected chi connectivity index (χ1v) is 8.54. The van der Waals surface area contributed by atoms with Crippen LogP contribution in [-0.4, -0.2) is 48.3 Å². The van der Waals surface area contributed by atoms with Gasteiger partial charge in [-0.1, -0.05) is 0 Å². The fraction of sp³-hybridized carbons (Fsp3) is 0.882. The highest BCUT2D eigenvalue weighted by molar-refractivity contribution is 5.68. The lowest BCUT2D eigenvalue weighted by Gasteiger charge is -2.24. The number of hydrogen-bond donors (Lipinski definition) is 3. The molecular formula is C17H35N3O5. The average Bonchev–Trinajstić information content (AvgIpc) is 2.30. The first kappa shape index (κ1) is 23.5. The molecule has 0 bridgehead atoms. The largest absolute Gasteiger partial charge is 0.444 e. The first-order valence-electron chi connectivity index (χ1n) is 8.54. The summed E-state index contributed by atoms with van der Waals surface area (Å²) in [5.74, 6) is 0. The van der Waals surface area contributed by atoms with Crippen LogP contribution in [0.2, 0.25) is 0 Å². The Morgan fingerprint density at radius 1 is 0.880 bits per heavy atom. The van der Waals surface area contributed by atoms with Crippen LogP contribution >= 0.6 is 0 Å². The Balaban J connectivity index is 4.07. The van der Waals surface area contributed by atoms with Gasteiger partial charge in [-0.05, 0) is 55.4 Å². The van der Waals surface area contributed by atoms with Gasteiger partial charge in [0.2, 0.25) is 0 Å². The Hall–Kier alpha value is -1.54. The second-order valence-corrected chi connectivity index (χ2v) is 8.20. The van der Waals surface area contributed by atoms with Gasteiger partial charge in [-0.3, -0.25) is 0 Å². The number of hydrogen-bond acceptors (Lipinski definition) is 6. The van der Waals surface area contributed by atoms with Crippen LogP contribution in [-0.2, 0) is 14.2 Å². The molecule has 0 rings (SSSR count). The topological polar surface area (TPSA) is 112 Å². The molecular weight excluding hydrogens is 326 g/mol. The van der Waals surface area contributed by atoms with Gasteiger partial charge < -0.3 is 30.6 Å². The number of carbonyl (C=O) groups excluding carboxylic acids is 2. The quantitative estimate of drug-likeness (QED) is 0.601. The zero-order chi connectivity index (χ0) is 19.8. The molecule has 0 aliphatic heterocycles. The molecule has 148 valence electrons. The minimum absolute atomic E-state index is 0.209. The van der Waals surface area contributed by atoms with Crippen molar-refractivity contribution in [1.29, 1.82) is 0 Å². The molecule has 0 saturated carbocycles. The van der Waals surface area contributed by atoms with E-state index in [0.717, 1.165) is 0 Å². The van der Waals surface area contributed by atoms with E-state index in [1.807, 2.05) is 6.92 Å². The molecule has 8 nitrogen and oxygen atoms in total. The summed E-state index contributed by atoms with van der Waals surface area (Å²) in [6.45, 7) is 14.6. The van der Waals surface area contributed by atoms with Crippen LogP contribution in [0.5, 0.6) is 0 Å². The lowest BCUT2D eigenvalue weighted by Crippen LogP contribution is -2.43. The number of alkyl carbamates (subject to hydrolysis) is 2. The maximum absolute atomic E-state index is 11.7. The van der Waals surface area contributed by atoms with Gasteiger partial charge >= 0.3 is 12.2 Å². The van der Waals surface area contributed by atoms with Gasteiger partial charge in [0.05, 0.1) is 12.6 Å². The third-order valence-corrected chi connectivity index (χ3v) is 2.67. The molecule has 8 heteroatoms. The van der Waals surface area contributed by atoms with Crippen LogP contribution in [0.4, 0.5) is 9.59 Å². The van der Waals surface area contributed by atoms with Gasteiger partial charge in [-0.15, -0.1) is 0 Å². The fourth-order valence-corrected chi connectivity index (χ4v) is 1.80. The summed E-state index contributed by atoms with van der Waals surface area (Å²) >= 11 is 0. The van der Waals surface area contributed by atoms with E-state index in [1.54, 1.807) is 48.5 Å². The summed E-state index contributed by atoms with van der Waals surface area (Å²) < 4.78 is 15.8. The van der Waals surface area contributed by atoms with Gasteiger partial charge in [0, 0.05) is 12.5 Å². The molecule has 4 N–H and O–H groups in total. The van der Waals surface area contributed by atoms with E-state index in [0.29, 0.717) is 6.42 Å². The Morgan fingerprint density at radius 3 is 1.68 bits per heavy atom. The Morgan fingerprint density at radius 2 is 1.28 bits per heavy atom.